The maximum Gasteiger partial charge on any atom is 0.123 e. The molecule has 0 amide bonds. The molecule has 2 N–H and O–H groups in total. The zero-order chi connectivity index (χ0) is 11.3. The van der Waals surface area contributed by atoms with E-state index in [1.165, 1.54) is 12.1 Å². The number of rotatable bonds is 5. The molecule has 0 aliphatic carbocycles. The Kier molecular flexibility index (Phi) is 4.72. The highest BCUT2D eigenvalue weighted by atomic mass is 19.1. The van der Waals surface area contributed by atoms with Gasteiger partial charge in [-0.1, -0.05) is 13.0 Å². The van der Waals surface area contributed by atoms with Gasteiger partial charge in [-0.3, -0.25) is 0 Å². The standard InChI is InChI=1S/C12H18FNO/c1-9(5-6-14)12-4-3-11(13)7-10(12)8-15-2/h3-4,7,9H,5-6,8,14H2,1-2H3. The zero-order valence-corrected chi connectivity index (χ0v) is 9.29. The summed E-state index contributed by atoms with van der Waals surface area (Å²) in [5.41, 5.74) is 7.56. The molecule has 15 heavy (non-hydrogen) atoms. The summed E-state index contributed by atoms with van der Waals surface area (Å²) < 4.78 is 18.1. The van der Waals surface area contributed by atoms with Crippen molar-refractivity contribution in [3.8, 4) is 0 Å². The average Bonchev–Trinajstić information content (AvgIpc) is 2.18. The van der Waals surface area contributed by atoms with Gasteiger partial charge in [0.25, 0.3) is 0 Å². The van der Waals surface area contributed by atoms with Crippen molar-refractivity contribution in [2.24, 2.45) is 5.73 Å². The first kappa shape index (κ1) is 12.1. The minimum atomic E-state index is -0.217. The van der Waals surface area contributed by atoms with Crippen molar-refractivity contribution in [3.63, 3.8) is 0 Å². The predicted molar refractivity (Wildman–Crippen MR) is 59.2 cm³/mol. The van der Waals surface area contributed by atoms with E-state index < -0.39 is 0 Å². The molecule has 0 saturated carbocycles. The van der Waals surface area contributed by atoms with E-state index in [1.54, 1.807) is 7.11 Å². The Morgan fingerprint density at radius 1 is 1.47 bits per heavy atom. The predicted octanol–water partition coefficient (Wildman–Crippen LogP) is 2.42. The molecule has 1 unspecified atom stereocenters. The van der Waals surface area contributed by atoms with E-state index in [-0.39, 0.29) is 5.82 Å². The lowest BCUT2D eigenvalue weighted by Crippen LogP contribution is -2.07. The number of methoxy groups -OCH3 is 1. The molecule has 1 atom stereocenters. The van der Waals surface area contributed by atoms with Crippen LogP contribution in [0.1, 0.15) is 30.4 Å². The third-order valence-corrected chi connectivity index (χ3v) is 2.54. The van der Waals surface area contributed by atoms with E-state index >= 15 is 0 Å². The Balaban J connectivity index is 2.93. The molecule has 0 aliphatic rings. The largest absolute Gasteiger partial charge is 0.380 e. The van der Waals surface area contributed by atoms with Gasteiger partial charge in [-0.2, -0.15) is 0 Å². The van der Waals surface area contributed by atoms with E-state index in [0.717, 1.165) is 17.5 Å². The highest BCUT2D eigenvalue weighted by Crippen LogP contribution is 2.23. The molecule has 0 spiro atoms. The Morgan fingerprint density at radius 3 is 2.80 bits per heavy atom. The van der Waals surface area contributed by atoms with Crippen LogP contribution in [0.5, 0.6) is 0 Å². The SMILES string of the molecule is COCc1cc(F)ccc1C(C)CCN. The molecule has 0 radical (unpaired) electrons. The van der Waals surface area contributed by atoms with Crippen LogP contribution in [0.2, 0.25) is 0 Å². The van der Waals surface area contributed by atoms with Crippen molar-refractivity contribution >= 4 is 0 Å². The molecule has 1 aromatic carbocycles. The van der Waals surface area contributed by atoms with E-state index in [2.05, 4.69) is 6.92 Å². The van der Waals surface area contributed by atoms with Crippen molar-refractivity contribution in [2.45, 2.75) is 25.9 Å². The molecule has 0 saturated heterocycles. The van der Waals surface area contributed by atoms with Crippen LogP contribution in [0.15, 0.2) is 18.2 Å². The third-order valence-electron chi connectivity index (χ3n) is 2.54. The second-order valence-electron chi connectivity index (χ2n) is 3.75. The fraction of sp³-hybridized carbons (Fsp3) is 0.500. The third kappa shape index (κ3) is 3.29. The molecule has 2 nitrogen and oxygen atoms in total. The van der Waals surface area contributed by atoms with Crippen LogP contribution in [0.25, 0.3) is 0 Å². The molecule has 0 aromatic heterocycles. The second-order valence-corrected chi connectivity index (χ2v) is 3.75. The number of benzene rings is 1. The van der Waals surface area contributed by atoms with Crippen LogP contribution in [0.4, 0.5) is 4.39 Å². The molecule has 3 heteroatoms. The van der Waals surface area contributed by atoms with Gasteiger partial charge < -0.3 is 10.5 Å². The topological polar surface area (TPSA) is 35.2 Å². The molecule has 0 fully saturated rings. The number of halogens is 1. The van der Waals surface area contributed by atoms with Gasteiger partial charge in [0, 0.05) is 7.11 Å². The molecule has 1 rings (SSSR count). The molecule has 1 aromatic rings. The van der Waals surface area contributed by atoms with E-state index in [4.69, 9.17) is 10.5 Å². The van der Waals surface area contributed by atoms with Gasteiger partial charge in [0.15, 0.2) is 0 Å². The summed E-state index contributed by atoms with van der Waals surface area (Å²) in [6.07, 6.45) is 0.905. The van der Waals surface area contributed by atoms with Crippen LogP contribution in [0.3, 0.4) is 0 Å². The fourth-order valence-electron chi connectivity index (χ4n) is 1.74. The van der Waals surface area contributed by atoms with Crippen LogP contribution >= 0.6 is 0 Å². The van der Waals surface area contributed by atoms with Gasteiger partial charge >= 0.3 is 0 Å². The summed E-state index contributed by atoms with van der Waals surface area (Å²) in [6, 6.07) is 4.84. The summed E-state index contributed by atoms with van der Waals surface area (Å²) in [4.78, 5) is 0. The lowest BCUT2D eigenvalue weighted by atomic mass is 9.93. The quantitative estimate of drug-likeness (QED) is 0.811. The van der Waals surface area contributed by atoms with E-state index in [9.17, 15) is 4.39 Å². The maximum absolute atomic E-state index is 13.0. The Morgan fingerprint density at radius 2 is 2.20 bits per heavy atom. The van der Waals surface area contributed by atoms with Crippen molar-refractivity contribution < 1.29 is 9.13 Å². The normalized spacial score (nSPS) is 12.8. The van der Waals surface area contributed by atoms with Gasteiger partial charge in [-0.25, -0.2) is 4.39 Å². The summed E-state index contributed by atoms with van der Waals surface area (Å²) >= 11 is 0. The first-order valence-corrected chi connectivity index (χ1v) is 5.16. The van der Waals surface area contributed by atoms with Crippen molar-refractivity contribution in [3.05, 3.63) is 35.1 Å². The summed E-state index contributed by atoms with van der Waals surface area (Å²) in [7, 11) is 1.61. The zero-order valence-electron chi connectivity index (χ0n) is 9.29. The maximum atomic E-state index is 13.0. The molecule has 0 bridgehead atoms. The van der Waals surface area contributed by atoms with Gasteiger partial charge in [0.1, 0.15) is 5.82 Å². The lowest BCUT2D eigenvalue weighted by Gasteiger charge is -2.15. The van der Waals surface area contributed by atoms with Crippen LogP contribution in [-0.2, 0) is 11.3 Å². The van der Waals surface area contributed by atoms with Crippen molar-refractivity contribution in [1.29, 1.82) is 0 Å². The number of hydrogen-bond donors (Lipinski definition) is 1. The highest BCUT2D eigenvalue weighted by Gasteiger charge is 2.10. The summed E-state index contributed by atoms with van der Waals surface area (Å²) in [5.74, 6) is 0.131. The average molecular weight is 211 g/mol. The first-order valence-electron chi connectivity index (χ1n) is 5.16. The van der Waals surface area contributed by atoms with Gasteiger partial charge in [-0.05, 0) is 42.1 Å². The molecular weight excluding hydrogens is 193 g/mol. The van der Waals surface area contributed by atoms with Crippen LogP contribution in [0, 0.1) is 5.82 Å². The molecule has 84 valence electrons. The summed E-state index contributed by atoms with van der Waals surface area (Å²) in [6.45, 7) is 3.19. The van der Waals surface area contributed by atoms with Crippen molar-refractivity contribution in [2.75, 3.05) is 13.7 Å². The van der Waals surface area contributed by atoms with Gasteiger partial charge in [0.05, 0.1) is 6.61 Å². The minimum absolute atomic E-state index is 0.217. The first-order chi connectivity index (χ1) is 7.19. The second kappa shape index (κ2) is 5.83. The minimum Gasteiger partial charge on any atom is -0.380 e. The Labute approximate surface area is 90.2 Å². The van der Waals surface area contributed by atoms with Crippen LogP contribution < -0.4 is 5.73 Å². The molecule has 0 aliphatic heterocycles. The number of nitrogens with two attached hydrogens (primary N) is 1. The lowest BCUT2D eigenvalue weighted by molar-refractivity contribution is 0.183. The summed E-state index contributed by atoms with van der Waals surface area (Å²) in [5, 5.41) is 0. The van der Waals surface area contributed by atoms with Gasteiger partial charge in [-0.15, -0.1) is 0 Å². The van der Waals surface area contributed by atoms with Crippen LogP contribution in [-0.4, -0.2) is 13.7 Å². The Hall–Kier alpha value is -0.930. The van der Waals surface area contributed by atoms with E-state index in [0.29, 0.717) is 19.1 Å². The molecule has 0 heterocycles. The fourth-order valence-corrected chi connectivity index (χ4v) is 1.74. The number of ether oxygens (including phenoxy) is 1. The van der Waals surface area contributed by atoms with Gasteiger partial charge in [0.2, 0.25) is 0 Å². The number of hydrogen-bond acceptors (Lipinski definition) is 2. The van der Waals surface area contributed by atoms with E-state index in [1.807, 2.05) is 6.07 Å². The van der Waals surface area contributed by atoms with Crippen molar-refractivity contribution in [1.82, 2.24) is 0 Å². The molecular formula is C12H18FNO. The Bertz CT molecular complexity index is 314. The smallest absolute Gasteiger partial charge is 0.123 e. The highest BCUT2D eigenvalue weighted by molar-refractivity contribution is 5.30. The monoisotopic (exact) mass is 211 g/mol.